The van der Waals surface area contributed by atoms with Crippen LogP contribution in [0.25, 0.3) is 0 Å². The molecule has 3 nitrogen and oxygen atoms in total. The van der Waals surface area contributed by atoms with Crippen molar-refractivity contribution in [1.82, 2.24) is 0 Å². The van der Waals surface area contributed by atoms with Crippen LogP contribution in [0.1, 0.15) is 85.5 Å². The third-order valence-corrected chi connectivity index (χ3v) is 10.1. The van der Waals surface area contributed by atoms with Crippen molar-refractivity contribution in [3.8, 4) is 0 Å². The SMILES string of the molecule is C=C1CCC2(CCC3C4C(CC[C@@]32C)C2(C)CCC(C)CC2=C[C@@H]4OC(C)=O)O1. The van der Waals surface area contributed by atoms with Crippen molar-refractivity contribution in [3.63, 3.8) is 0 Å². The molecule has 1 heterocycles. The molecule has 3 saturated carbocycles. The molecule has 0 aromatic heterocycles. The van der Waals surface area contributed by atoms with E-state index in [1.165, 1.54) is 38.5 Å². The van der Waals surface area contributed by atoms with Gasteiger partial charge in [-0.25, -0.2) is 0 Å². The highest BCUT2D eigenvalue weighted by Gasteiger charge is 2.67. The second kappa shape index (κ2) is 6.37. The maximum absolute atomic E-state index is 12.1. The average Bonchev–Trinajstić information content (AvgIpc) is 3.17. The molecular weight excluding hydrogens is 360 g/mol. The normalized spacial score (nSPS) is 51.0. The Kier molecular flexibility index (Phi) is 4.33. The first kappa shape index (κ1) is 19.7. The largest absolute Gasteiger partial charge is 0.492 e. The van der Waals surface area contributed by atoms with Gasteiger partial charge in [-0.1, -0.05) is 32.9 Å². The van der Waals surface area contributed by atoms with Crippen LogP contribution in [0.5, 0.6) is 0 Å². The highest BCUT2D eigenvalue weighted by atomic mass is 16.5. The highest BCUT2D eigenvalue weighted by Crippen LogP contribution is 2.70. The summed E-state index contributed by atoms with van der Waals surface area (Å²) in [6, 6.07) is 0. The van der Waals surface area contributed by atoms with Gasteiger partial charge in [-0.3, -0.25) is 4.79 Å². The Morgan fingerprint density at radius 2 is 1.90 bits per heavy atom. The van der Waals surface area contributed by atoms with E-state index in [2.05, 4.69) is 33.4 Å². The third kappa shape index (κ3) is 2.64. The number of allylic oxidation sites excluding steroid dienone is 2. The van der Waals surface area contributed by atoms with Gasteiger partial charge < -0.3 is 9.47 Å². The van der Waals surface area contributed by atoms with Gasteiger partial charge in [-0.15, -0.1) is 0 Å². The van der Waals surface area contributed by atoms with E-state index < -0.39 is 0 Å². The topological polar surface area (TPSA) is 35.5 Å². The summed E-state index contributed by atoms with van der Waals surface area (Å²) in [7, 11) is 0. The molecule has 5 aliphatic rings. The highest BCUT2D eigenvalue weighted by molar-refractivity contribution is 5.66. The molecule has 0 radical (unpaired) electrons. The molecule has 5 rings (SSSR count). The summed E-state index contributed by atoms with van der Waals surface area (Å²) in [4.78, 5) is 12.1. The molecule has 0 aromatic carbocycles. The number of carbonyl (C=O) groups excluding carboxylic acids is 1. The fraction of sp³-hybridized carbons (Fsp3) is 0.808. The van der Waals surface area contributed by atoms with Crippen LogP contribution in [0, 0.1) is 34.5 Å². The predicted octanol–water partition coefficient (Wildman–Crippen LogP) is 6.19. The average molecular weight is 399 g/mol. The van der Waals surface area contributed by atoms with Gasteiger partial charge in [0.05, 0.1) is 5.76 Å². The Bertz CT molecular complexity index is 768. The molecule has 29 heavy (non-hydrogen) atoms. The van der Waals surface area contributed by atoms with E-state index in [0.717, 1.165) is 30.9 Å². The smallest absolute Gasteiger partial charge is 0.303 e. The van der Waals surface area contributed by atoms with Crippen LogP contribution in [0.15, 0.2) is 24.0 Å². The molecule has 3 heteroatoms. The van der Waals surface area contributed by atoms with Crippen LogP contribution in [-0.2, 0) is 14.3 Å². The fourth-order valence-electron chi connectivity index (χ4n) is 8.50. The Hall–Kier alpha value is -1.25. The van der Waals surface area contributed by atoms with Crippen molar-refractivity contribution in [3.05, 3.63) is 24.0 Å². The first-order valence-corrected chi connectivity index (χ1v) is 11.9. The molecule has 1 spiro atoms. The maximum atomic E-state index is 12.1. The Morgan fingerprint density at radius 1 is 1.14 bits per heavy atom. The predicted molar refractivity (Wildman–Crippen MR) is 114 cm³/mol. The lowest BCUT2D eigenvalue weighted by molar-refractivity contribution is -0.165. The van der Waals surface area contributed by atoms with E-state index in [-0.39, 0.29) is 28.5 Å². The molecule has 0 aromatic rings. The molecule has 0 N–H and O–H groups in total. The summed E-state index contributed by atoms with van der Waals surface area (Å²) in [6.45, 7) is 13.1. The van der Waals surface area contributed by atoms with Gasteiger partial charge in [0, 0.05) is 24.7 Å². The van der Waals surface area contributed by atoms with Crippen molar-refractivity contribution in [1.29, 1.82) is 0 Å². The molecule has 160 valence electrons. The van der Waals surface area contributed by atoms with Gasteiger partial charge >= 0.3 is 5.97 Å². The Balaban J connectivity index is 1.56. The summed E-state index contributed by atoms with van der Waals surface area (Å²) in [5.41, 5.74) is 1.98. The van der Waals surface area contributed by atoms with E-state index >= 15 is 0 Å². The van der Waals surface area contributed by atoms with Crippen molar-refractivity contribution in [2.24, 2.45) is 34.5 Å². The van der Waals surface area contributed by atoms with Gasteiger partial charge in [0.15, 0.2) is 0 Å². The van der Waals surface area contributed by atoms with Crippen LogP contribution < -0.4 is 0 Å². The second-order valence-corrected chi connectivity index (χ2v) is 11.5. The minimum atomic E-state index is -0.136. The number of carbonyl (C=O) groups is 1. The van der Waals surface area contributed by atoms with Crippen molar-refractivity contribution in [2.75, 3.05) is 0 Å². The molecule has 8 atom stereocenters. The number of hydrogen-bond acceptors (Lipinski definition) is 3. The van der Waals surface area contributed by atoms with Crippen LogP contribution in [0.4, 0.5) is 0 Å². The number of rotatable bonds is 1. The van der Waals surface area contributed by atoms with Gasteiger partial charge in [0.1, 0.15) is 11.7 Å². The van der Waals surface area contributed by atoms with E-state index in [9.17, 15) is 4.79 Å². The molecule has 1 saturated heterocycles. The van der Waals surface area contributed by atoms with Crippen LogP contribution in [0.2, 0.25) is 0 Å². The van der Waals surface area contributed by atoms with Crippen molar-refractivity contribution in [2.45, 2.75) is 97.2 Å². The van der Waals surface area contributed by atoms with Crippen LogP contribution in [-0.4, -0.2) is 17.7 Å². The zero-order valence-electron chi connectivity index (χ0n) is 18.8. The molecule has 4 aliphatic carbocycles. The van der Waals surface area contributed by atoms with Crippen LogP contribution >= 0.6 is 0 Å². The van der Waals surface area contributed by atoms with Gasteiger partial charge in [-0.05, 0) is 80.6 Å². The van der Waals surface area contributed by atoms with E-state index in [4.69, 9.17) is 9.47 Å². The number of fused-ring (bicyclic) bond motifs is 6. The summed E-state index contributed by atoms with van der Waals surface area (Å²) < 4.78 is 12.5. The minimum Gasteiger partial charge on any atom is -0.492 e. The molecule has 0 amide bonds. The van der Waals surface area contributed by atoms with E-state index in [1.54, 1.807) is 12.5 Å². The first-order chi connectivity index (χ1) is 13.7. The summed E-state index contributed by atoms with van der Waals surface area (Å²) >= 11 is 0. The molecule has 4 fully saturated rings. The lowest BCUT2D eigenvalue weighted by atomic mass is 9.46. The fourth-order valence-corrected chi connectivity index (χ4v) is 8.50. The van der Waals surface area contributed by atoms with Gasteiger partial charge in [0.2, 0.25) is 0 Å². The molecular formula is C26H38O3. The summed E-state index contributed by atoms with van der Waals surface area (Å²) in [5.74, 6) is 3.19. The zero-order valence-corrected chi connectivity index (χ0v) is 18.8. The maximum Gasteiger partial charge on any atom is 0.303 e. The number of esters is 1. The van der Waals surface area contributed by atoms with E-state index in [0.29, 0.717) is 17.8 Å². The first-order valence-electron chi connectivity index (χ1n) is 11.9. The Morgan fingerprint density at radius 3 is 2.59 bits per heavy atom. The molecule has 0 bridgehead atoms. The minimum absolute atomic E-state index is 0.0352. The van der Waals surface area contributed by atoms with Gasteiger partial charge in [-0.2, -0.15) is 0 Å². The van der Waals surface area contributed by atoms with Crippen molar-refractivity contribution < 1.29 is 14.3 Å². The monoisotopic (exact) mass is 398 g/mol. The lowest BCUT2D eigenvalue weighted by Gasteiger charge is -2.60. The number of hydrogen-bond donors (Lipinski definition) is 0. The second-order valence-electron chi connectivity index (χ2n) is 11.5. The van der Waals surface area contributed by atoms with Gasteiger partial charge in [0.25, 0.3) is 0 Å². The van der Waals surface area contributed by atoms with E-state index in [1.807, 2.05) is 0 Å². The number of ether oxygens (including phenoxy) is 2. The molecule has 1 aliphatic heterocycles. The van der Waals surface area contributed by atoms with Crippen molar-refractivity contribution >= 4 is 5.97 Å². The summed E-state index contributed by atoms with van der Waals surface area (Å²) in [6.07, 6.45) is 13.0. The van der Waals surface area contributed by atoms with Crippen LogP contribution in [0.3, 0.4) is 0 Å². The standard InChI is InChI=1S/C26H38O3/c1-16-6-10-24(4)19(14-16)15-22(28-18(3)27)23-20(24)8-11-25(5)21(23)9-13-26(25)12-7-17(2)29-26/h15-16,20-23H,2,6-14H2,1,3-5H3/t16?,20?,21?,22-,23?,24?,25-,26?/m0/s1. The molecule has 6 unspecified atom stereocenters. The lowest BCUT2D eigenvalue weighted by Crippen LogP contribution is -2.57. The zero-order chi connectivity index (χ0) is 20.6. The third-order valence-electron chi connectivity index (χ3n) is 10.1. The Labute approximate surface area is 176 Å². The summed E-state index contributed by atoms with van der Waals surface area (Å²) in [5, 5.41) is 0. The quantitative estimate of drug-likeness (QED) is 0.390.